The largest absolute Gasteiger partial charge is 0.497 e. The maximum atomic E-state index is 9.98. The molecule has 3 nitrogen and oxygen atoms in total. The normalized spacial score (nSPS) is 12.0. The second-order valence-corrected chi connectivity index (χ2v) is 5.44. The number of benzene rings is 2. The standard InChI is InChI=1S/C16H18O3S/c1-11(17)16-14(19-3)8-5-9-15(16)20-13-7-4-6-12(10-13)18-2/h4-11,17H,1-3H3/t11-/m0/s1. The van der Waals surface area contributed by atoms with Crippen molar-refractivity contribution in [1.82, 2.24) is 0 Å². The molecule has 0 unspecified atom stereocenters. The zero-order valence-electron chi connectivity index (χ0n) is 11.8. The first kappa shape index (κ1) is 14.8. The Hall–Kier alpha value is -1.65. The van der Waals surface area contributed by atoms with E-state index in [1.165, 1.54) is 0 Å². The number of rotatable bonds is 5. The molecular weight excluding hydrogens is 272 g/mol. The van der Waals surface area contributed by atoms with Crippen LogP contribution in [0.5, 0.6) is 11.5 Å². The van der Waals surface area contributed by atoms with Gasteiger partial charge < -0.3 is 14.6 Å². The van der Waals surface area contributed by atoms with Gasteiger partial charge in [0.1, 0.15) is 11.5 Å². The van der Waals surface area contributed by atoms with E-state index in [-0.39, 0.29) is 0 Å². The smallest absolute Gasteiger partial charge is 0.125 e. The van der Waals surface area contributed by atoms with Crippen molar-refractivity contribution in [3.63, 3.8) is 0 Å². The van der Waals surface area contributed by atoms with Gasteiger partial charge in [0.25, 0.3) is 0 Å². The lowest BCUT2D eigenvalue weighted by molar-refractivity contribution is 0.191. The van der Waals surface area contributed by atoms with Crippen LogP contribution in [0.1, 0.15) is 18.6 Å². The fourth-order valence-corrected chi connectivity index (χ4v) is 3.10. The second kappa shape index (κ2) is 6.68. The maximum Gasteiger partial charge on any atom is 0.125 e. The highest BCUT2D eigenvalue weighted by molar-refractivity contribution is 7.99. The molecule has 2 aromatic carbocycles. The van der Waals surface area contributed by atoms with Crippen molar-refractivity contribution in [2.45, 2.75) is 22.8 Å². The Bertz CT molecular complexity index is 582. The van der Waals surface area contributed by atoms with Gasteiger partial charge in [0.15, 0.2) is 0 Å². The molecule has 0 amide bonds. The van der Waals surface area contributed by atoms with Gasteiger partial charge in [0.05, 0.1) is 20.3 Å². The van der Waals surface area contributed by atoms with Gasteiger partial charge in [-0.3, -0.25) is 0 Å². The summed E-state index contributed by atoms with van der Waals surface area (Å²) in [7, 11) is 3.26. The minimum Gasteiger partial charge on any atom is -0.497 e. The molecule has 0 spiro atoms. The number of hydrogen-bond acceptors (Lipinski definition) is 4. The molecule has 0 saturated heterocycles. The van der Waals surface area contributed by atoms with E-state index in [2.05, 4.69) is 0 Å². The summed E-state index contributed by atoms with van der Waals surface area (Å²) in [5.41, 5.74) is 0.808. The van der Waals surface area contributed by atoms with Crippen LogP contribution in [-0.2, 0) is 0 Å². The van der Waals surface area contributed by atoms with E-state index in [9.17, 15) is 5.11 Å². The molecule has 0 aliphatic carbocycles. The quantitative estimate of drug-likeness (QED) is 0.906. The van der Waals surface area contributed by atoms with E-state index < -0.39 is 6.10 Å². The maximum absolute atomic E-state index is 9.98. The molecule has 0 heterocycles. The molecule has 0 bridgehead atoms. The Kier molecular flexibility index (Phi) is 4.93. The van der Waals surface area contributed by atoms with E-state index in [4.69, 9.17) is 9.47 Å². The van der Waals surface area contributed by atoms with Gasteiger partial charge in [0, 0.05) is 15.4 Å². The predicted molar refractivity (Wildman–Crippen MR) is 80.7 cm³/mol. The Labute approximate surface area is 123 Å². The van der Waals surface area contributed by atoms with Crippen molar-refractivity contribution in [2.24, 2.45) is 0 Å². The number of hydrogen-bond donors (Lipinski definition) is 1. The van der Waals surface area contributed by atoms with Crippen LogP contribution in [0.2, 0.25) is 0 Å². The number of aliphatic hydroxyl groups is 1. The van der Waals surface area contributed by atoms with Gasteiger partial charge in [0.2, 0.25) is 0 Å². The van der Waals surface area contributed by atoms with Crippen LogP contribution in [-0.4, -0.2) is 19.3 Å². The van der Waals surface area contributed by atoms with Crippen molar-refractivity contribution in [1.29, 1.82) is 0 Å². The first-order chi connectivity index (χ1) is 9.65. The third-order valence-corrected chi connectivity index (χ3v) is 4.00. The van der Waals surface area contributed by atoms with Crippen LogP contribution in [0.3, 0.4) is 0 Å². The van der Waals surface area contributed by atoms with E-state index in [0.717, 1.165) is 21.1 Å². The number of ether oxygens (including phenoxy) is 2. The zero-order chi connectivity index (χ0) is 14.5. The summed E-state index contributed by atoms with van der Waals surface area (Å²) >= 11 is 1.58. The summed E-state index contributed by atoms with van der Waals surface area (Å²) in [4.78, 5) is 2.03. The molecule has 1 N–H and O–H groups in total. The van der Waals surface area contributed by atoms with Crippen molar-refractivity contribution in [2.75, 3.05) is 14.2 Å². The van der Waals surface area contributed by atoms with E-state index in [1.54, 1.807) is 32.9 Å². The highest BCUT2D eigenvalue weighted by Crippen LogP contribution is 2.38. The molecule has 106 valence electrons. The Morgan fingerprint density at radius 1 is 1.05 bits per heavy atom. The average Bonchev–Trinajstić information content (AvgIpc) is 2.46. The average molecular weight is 290 g/mol. The van der Waals surface area contributed by atoms with Gasteiger partial charge in [-0.25, -0.2) is 0 Å². The van der Waals surface area contributed by atoms with Crippen LogP contribution in [0, 0.1) is 0 Å². The summed E-state index contributed by atoms with van der Waals surface area (Å²) < 4.78 is 10.6. The monoisotopic (exact) mass is 290 g/mol. The summed E-state index contributed by atoms with van der Waals surface area (Å²) in [6.07, 6.45) is -0.584. The summed E-state index contributed by atoms with van der Waals surface area (Å²) in [5, 5.41) is 9.98. The van der Waals surface area contributed by atoms with Gasteiger partial charge in [-0.1, -0.05) is 23.9 Å². The molecule has 0 radical (unpaired) electrons. The lowest BCUT2D eigenvalue weighted by atomic mass is 10.1. The van der Waals surface area contributed by atoms with Crippen LogP contribution in [0.4, 0.5) is 0 Å². The van der Waals surface area contributed by atoms with Crippen LogP contribution in [0.25, 0.3) is 0 Å². The summed E-state index contributed by atoms with van der Waals surface area (Å²) in [5.74, 6) is 1.52. The van der Waals surface area contributed by atoms with Gasteiger partial charge in [-0.2, -0.15) is 0 Å². The molecule has 2 rings (SSSR count). The Morgan fingerprint density at radius 3 is 2.45 bits per heavy atom. The zero-order valence-corrected chi connectivity index (χ0v) is 12.6. The third-order valence-electron chi connectivity index (χ3n) is 2.93. The van der Waals surface area contributed by atoms with Gasteiger partial charge >= 0.3 is 0 Å². The van der Waals surface area contributed by atoms with Crippen molar-refractivity contribution < 1.29 is 14.6 Å². The van der Waals surface area contributed by atoms with Crippen molar-refractivity contribution >= 4 is 11.8 Å². The molecule has 0 aliphatic heterocycles. The number of methoxy groups -OCH3 is 2. The molecule has 0 fully saturated rings. The molecule has 2 aromatic rings. The van der Waals surface area contributed by atoms with Crippen molar-refractivity contribution in [3.8, 4) is 11.5 Å². The van der Waals surface area contributed by atoms with Crippen LogP contribution in [0.15, 0.2) is 52.3 Å². The molecule has 0 aliphatic rings. The topological polar surface area (TPSA) is 38.7 Å². The Morgan fingerprint density at radius 2 is 1.80 bits per heavy atom. The second-order valence-electron chi connectivity index (χ2n) is 4.33. The highest BCUT2D eigenvalue weighted by Gasteiger charge is 2.15. The molecule has 0 saturated carbocycles. The molecule has 0 aromatic heterocycles. The van der Waals surface area contributed by atoms with E-state index in [0.29, 0.717) is 5.75 Å². The minimum absolute atomic E-state index is 0.584. The lowest BCUT2D eigenvalue weighted by Gasteiger charge is -2.15. The minimum atomic E-state index is -0.584. The first-order valence-corrected chi connectivity index (χ1v) is 7.14. The summed E-state index contributed by atoms with van der Waals surface area (Å²) in [6, 6.07) is 13.6. The van der Waals surface area contributed by atoms with E-state index in [1.807, 2.05) is 42.5 Å². The van der Waals surface area contributed by atoms with Crippen LogP contribution < -0.4 is 9.47 Å². The lowest BCUT2D eigenvalue weighted by Crippen LogP contribution is -1.98. The fraction of sp³-hybridized carbons (Fsp3) is 0.250. The van der Waals surface area contributed by atoms with Gasteiger partial charge in [-0.05, 0) is 37.3 Å². The molecule has 1 atom stereocenters. The van der Waals surface area contributed by atoms with Crippen LogP contribution >= 0.6 is 11.8 Å². The molecule has 4 heteroatoms. The molecular formula is C16H18O3S. The summed E-state index contributed by atoms with van der Waals surface area (Å²) in [6.45, 7) is 1.74. The molecule has 20 heavy (non-hydrogen) atoms. The third kappa shape index (κ3) is 3.26. The Balaban J connectivity index is 2.37. The number of aliphatic hydroxyl groups excluding tert-OH is 1. The van der Waals surface area contributed by atoms with Gasteiger partial charge in [-0.15, -0.1) is 0 Å². The van der Waals surface area contributed by atoms with Crippen molar-refractivity contribution in [3.05, 3.63) is 48.0 Å². The predicted octanol–water partition coefficient (Wildman–Crippen LogP) is 3.91. The first-order valence-electron chi connectivity index (χ1n) is 6.32. The van der Waals surface area contributed by atoms with E-state index >= 15 is 0 Å². The highest BCUT2D eigenvalue weighted by atomic mass is 32.2. The fourth-order valence-electron chi connectivity index (χ4n) is 1.99. The SMILES string of the molecule is COc1cccc(Sc2cccc(OC)c2[C@H](C)O)c1.